The molecule has 3 nitrogen and oxygen atoms in total. The van der Waals surface area contributed by atoms with Gasteiger partial charge in [0.15, 0.2) is 5.11 Å². The molecule has 2 aromatic carbocycles. The molecule has 0 aromatic heterocycles. The molecule has 5 heteroatoms. The number of nitrogens with one attached hydrogen (secondary N) is 2. The predicted molar refractivity (Wildman–Crippen MR) is 97.0 cm³/mol. The van der Waals surface area contributed by atoms with E-state index in [1.165, 1.54) is 5.56 Å². The highest BCUT2D eigenvalue weighted by atomic mass is 35.5. The number of anilines is 1. The fraction of sp³-hybridized carbons (Fsp3) is 0.235. The van der Waals surface area contributed by atoms with Gasteiger partial charge in [0.2, 0.25) is 0 Å². The van der Waals surface area contributed by atoms with E-state index in [1.54, 1.807) is 0 Å². The van der Waals surface area contributed by atoms with Gasteiger partial charge in [0.25, 0.3) is 0 Å². The third kappa shape index (κ3) is 5.54. The van der Waals surface area contributed by atoms with Crippen LogP contribution in [0, 0.1) is 0 Å². The second kappa shape index (κ2) is 8.61. The SMILES string of the molecule is CCOc1ccc(NC(=S)NCCc2ccc(Cl)cc2)cc1. The van der Waals surface area contributed by atoms with Gasteiger partial charge < -0.3 is 15.4 Å². The van der Waals surface area contributed by atoms with Crippen molar-refractivity contribution in [1.29, 1.82) is 0 Å². The van der Waals surface area contributed by atoms with Crippen molar-refractivity contribution in [2.45, 2.75) is 13.3 Å². The normalized spacial score (nSPS) is 10.1. The Morgan fingerprint density at radius 2 is 1.77 bits per heavy atom. The number of hydrogen-bond donors (Lipinski definition) is 2. The van der Waals surface area contributed by atoms with Crippen molar-refractivity contribution in [3.05, 3.63) is 59.1 Å². The molecule has 0 saturated carbocycles. The Morgan fingerprint density at radius 1 is 1.09 bits per heavy atom. The van der Waals surface area contributed by atoms with E-state index in [0.29, 0.717) is 11.7 Å². The Morgan fingerprint density at radius 3 is 2.41 bits per heavy atom. The maximum atomic E-state index is 5.86. The van der Waals surface area contributed by atoms with Crippen LogP contribution in [0.2, 0.25) is 5.02 Å². The van der Waals surface area contributed by atoms with Crippen LogP contribution >= 0.6 is 23.8 Å². The molecule has 22 heavy (non-hydrogen) atoms. The van der Waals surface area contributed by atoms with Gasteiger partial charge in [-0.3, -0.25) is 0 Å². The fourth-order valence-corrected chi connectivity index (χ4v) is 2.29. The number of benzene rings is 2. The van der Waals surface area contributed by atoms with Crippen LogP contribution in [0.1, 0.15) is 12.5 Å². The quantitative estimate of drug-likeness (QED) is 0.773. The number of rotatable bonds is 6. The van der Waals surface area contributed by atoms with Crippen LogP contribution < -0.4 is 15.4 Å². The maximum absolute atomic E-state index is 5.86. The first-order valence-electron chi connectivity index (χ1n) is 7.19. The highest BCUT2D eigenvalue weighted by Gasteiger charge is 1.99. The van der Waals surface area contributed by atoms with Gasteiger partial charge in [0.05, 0.1) is 6.61 Å². The largest absolute Gasteiger partial charge is 0.494 e. The molecule has 0 amide bonds. The molecular weight excluding hydrogens is 316 g/mol. The van der Waals surface area contributed by atoms with Crippen molar-refractivity contribution >= 4 is 34.6 Å². The average Bonchev–Trinajstić information content (AvgIpc) is 2.51. The van der Waals surface area contributed by atoms with Crippen LogP contribution in [0.3, 0.4) is 0 Å². The van der Waals surface area contributed by atoms with Crippen LogP contribution in [-0.2, 0) is 6.42 Å². The van der Waals surface area contributed by atoms with Crippen LogP contribution in [0.5, 0.6) is 5.75 Å². The third-order valence-corrected chi connectivity index (χ3v) is 3.53. The number of thiocarbonyl (C=S) groups is 1. The number of ether oxygens (including phenoxy) is 1. The Balaban J connectivity index is 1.74. The van der Waals surface area contributed by atoms with Crippen molar-refractivity contribution in [1.82, 2.24) is 5.32 Å². The molecule has 2 N–H and O–H groups in total. The standard InChI is InChI=1S/C17H19ClN2OS/c1-2-21-16-9-7-15(8-10-16)20-17(22)19-12-11-13-3-5-14(18)6-4-13/h3-10H,2,11-12H2,1H3,(H2,19,20,22). The number of halogens is 1. The molecule has 116 valence electrons. The summed E-state index contributed by atoms with van der Waals surface area (Å²) >= 11 is 11.1. The summed E-state index contributed by atoms with van der Waals surface area (Å²) in [5.41, 5.74) is 2.16. The molecule has 0 atom stereocenters. The van der Waals surface area contributed by atoms with Gasteiger partial charge in [-0.05, 0) is 67.5 Å². The molecule has 0 spiro atoms. The first kappa shape index (κ1) is 16.6. The van der Waals surface area contributed by atoms with Crippen LogP contribution in [0.15, 0.2) is 48.5 Å². The van der Waals surface area contributed by atoms with E-state index in [2.05, 4.69) is 10.6 Å². The second-order valence-electron chi connectivity index (χ2n) is 4.71. The van der Waals surface area contributed by atoms with Crippen LogP contribution in [-0.4, -0.2) is 18.3 Å². The summed E-state index contributed by atoms with van der Waals surface area (Å²) in [5.74, 6) is 0.856. The lowest BCUT2D eigenvalue weighted by Gasteiger charge is -2.11. The summed E-state index contributed by atoms with van der Waals surface area (Å²) in [6.07, 6.45) is 0.891. The second-order valence-corrected chi connectivity index (χ2v) is 5.56. The summed E-state index contributed by atoms with van der Waals surface area (Å²) in [7, 11) is 0. The van der Waals surface area contributed by atoms with Gasteiger partial charge in [0.1, 0.15) is 5.75 Å². The maximum Gasteiger partial charge on any atom is 0.170 e. The summed E-state index contributed by atoms with van der Waals surface area (Å²) in [6.45, 7) is 3.40. The van der Waals surface area contributed by atoms with Gasteiger partial charge in [-0.25, -0.2) is 0 Å². The molecule has 2 rings (SSSR count). The fourth-order valence-electron chi connectivity index (χ4n) is 1.95. The molecule has 2 aromatic rings. The van der Waals surface area contributed by atoms with Gasteiger partial charge in [-0.1, -0.05) is 23.7 Å². The molecule has 0 aliphatic heterocycles. The van der Waals surface area contributed by atoms with Gasteiger partial charge >= 0.3 is 0 Å². The lowest BCUT2D eigenvalue weighted by atomic mass is 10.1. The van der Waals surface area contributed by atoms with Crippen LogP contribution in [0.4, 0.5) is 5.69 Å². The summed E-state index contributed by atoms with van der Waals surface area (Å²) in [5, 5.41) is 7.70. The minimum absolute atomic E-state index is 0.609. The van der Waals surface area contributed by atoms with E-state index in [4.69, 9.17) is 28.6 Å². The Bertz CT molecular complexity index is 599. The molecule has 0 aliphatic rings. The average molecular weight is 335 g/mol. The van der Waals surface area contributed by atoms with Gasteiger partial charge in [0, 0.05) is 17.3 Å². The molecule has 0 fully saturated rings. The molecule has 0 aliphatic carbocycles. The first-order valence-corrected chi connectivity index (χ1v) is 7.98. The van der Waals surface area contributed by atoms with Crippen molar-refractivity contribution in [2.24, 2.45) is 0 Å². The van der Waals surface area contributed by atoms with Gasteiger partial charge in [-0.15, -0.1) is 0 Å². The monoisotopic (exact) mass is 334 g/mol. The molecule has 0 heterocycles. The van der Waals surface area contributed by atoms with Crippen molar-refractivity contribution in [3.8, 4) is 5.75 Å². The number of hydrogen-bond acceptors (Lipinski definition) is 2. The Kier molecular flexibility index (Phi) is 6.49. The van der Waals surface area contributed by atoms with Gasteiger partial charge in [-0.2, -0.15) is 0 Å². The highest BCUT2D eigenvalue weighted by Crippen LogP contribution is 2.15. The summed E-state index contributed by atoms with van der Waals surface area (Å²) < 4.78 is 5.40. The Labute approximate surface area is 141 Å². The summed E-state index contributed by atoms with van der Waals surface area (Å²) in [4.78, 5) is 0. The van der Waals surface area contributed by atoms with Crippen LogP contribution in [0.25, 0.3) is 0 Å². The molecule has 0 unspecified atom stereocenters. The molecular formula is C17H19ClN2OS. The van der Waals surface area contributed by atoms with E-state index in [1.807, 2.05) is 55.5 Å². The minimum atomic E-state index is 0.609. The van der Waals surface area contributed by atoms with E-state index in [-0.39, 0.29) is 0 Å². The van der Waals surface area contributed by atoms with Crippen molar-refractivity contribution in [2.75, 3.05) is 18.5 Å². The lowest BCUT2D eigenvalue weighted by Crippen LogP contribution is -2.30. The Hall–Kier alpha value is -1.78. The third-order valence-electron chi connectivity index (χ3n) is 3.04. The highest BCUT2D eigenvalue weighted by molar-refractivity contribution is 7.80. The van der Waals surface area contributed by atoms with Crippen molar-refractivity contribution < 1.29 is 4.74 Å². The zero-order valence-electron chi connectivity index (χ0n) is 12.4. The predicted octanol–water partition coefficient (Wildman–Crippen LogP) is 4.27. The van der Waals surface area contributed by atoms with E-state index < -0.39 is 0 Å². The molecule has 0 saturated heterocycles. The molecule has 0 radical (unpaired) electrons. The summed E-state index contributed by atoms with van der Waals surface area (Å²) in [6, 6.07) is 15.6. The lowest BCUT2D eigenvalue weighted by molar-refractivity contribution is 0.340. The zero-order valence-corrected chi connectivity index (χ0v) is 14.0. The first-order chi connectivity index (χ1) is 10.7. The van der Waals surface area contributed by atoms with Crippen molar-refractivity contribution in [3.63, 3.8) is 0 Å². The van der Waals surface area contributed by atoms with E-state index in [9.17, 15) is 0 Å². The van der Waals surface area contributed by atoms with E-state index >= 15 is 0 Å². The molecule has 0 bridgehead atoms. The smallest absolute Gasteiger partial charge is 0.170 e. The van der Waals surface area contributed by atoms with E-state index in [0.717, 1.165) is 29.4 Å². The minimum Gasteiger partial charge on any atom is -0.494 e. The topological polar surface area (TPSA) is 33.3 Å². The zero-order chi connectivity index (χ0) is 15.8.